The van der Waals surface area contributed by atoms with E-state index in [0.29, 0.717) is 13.1 Å². The first-order chi connectivity index (χ1) is 9.50. The van der Waals surface area contributed by atoms with Gasteiger partial charge in [0.05, 0.1) is 10.5 Å². The third-order valence-corrected chi connectivity index (χ3v) is 4.24. The largest absolute Gasteiger partial charge is 0.338 e. The van der Waals surface area contributed by atoms with Gasteiger partial charge in [-0.2, -0.15) is 11.8 Å². The van der Waals surface area contributed by atoms with E-state index in [1.807, 2.05) is 0 Å². The lowest BCUT2D eigenvalue weighted by Gasteiger charge is -2.20. The Hall–Kier alpha value is -1.63. The number of thioether (sulfide) groups is 1. The van der Waals surface area contributed by atoms with E-state index in [4.69, 9.17) is 0 Å². The number of carbonyl (C=O) groups excluding carboxylic acids is 1. The van der Waals surface area contributed by atoms with Crippen LogP contribution < -0.4 is 0 Å². The molecule has 0 spiro atoms. The molecule has 5 nitrogen and oxygen atoms in total. The van der Waals surface area contributed by atoms with E-state index >= 15 is 0 Å². The average Bonchev–Trinajstić information content (AvgIpc) is 2.69. The van der Waals surface area contributed by atoms with Crippen LogP contribution in [0.4, 0.5) is 10.1 Å². The highest BCUT2D eigenvalue weighted by Gasteiger charge is 2.24. The van der Waals surface area contributed by atoms with Crippen molar-refractivity contribution in [3.8, 4) is 0 Å². The van der Waals surface area contributed by atoms with E-state index in [2.05, 4.69) is 0 Å². The summed E-state index contributed by atoms with van der Waals surface area (Å²) in [7, 11) is 0. The first-order valence-corrected chi connectivity index (χ1v) is 7.47. The zero-order chi connectivity index (χ0) is 14.7. The molecular formula is C13H15FN2O3S. The van der Waals surface area contributed by atoms with E-state index in [1.165, 1.54) is 6.92 Å². The van der Waals surface area contributed by atoms with Crippen LogP contribution in [0.2, 0.25) is 0 Å². The quantitative estimate of drug-likeness (QED) is 0.622. The number of hydrogen-bond acceptors (Lipinski definition) is 4. The molecule has 1 saturated heterocycles. The average molecular weight is 298 g/mol. The Kier molecular flexibility index (Phi) is 4.59. The Labute approximate surface area is 120 Å². The summed E-state index contributed by atoms with van der Waals surface area (Å²) in [4.78, 5) is 24.1. The van der Waals surface area contributed by atoms with Crippen LogP contribution in [0, 0.1) is 22.9 Å². The van der Waals surface area contributed by atoms with E-state index in [0.717, 1.165) is 30.1 Å². The smallest absolute Gasteiger partial charge is 0.270 e. The van der Waals surface area contributed by atoms with Crippen LogP contribution in [0.5, 0.6) is 0 Å². The molecular weight excluding hydrogens is 283 g/mol. The molecule has 7 heteroatoms. The summed E-state index contributed by atoms with van der Waals surface area (Å²) in [5, 5.41) is 10.8. The number of amides is 1. The van der Waals surface area contributed by atoms with Gasteiger partial charge in [0.1, 0.15) is 5.82 Å². The number of benzene rings is 1. The second kappa shape index (κ2) is 6.21. The van der Waals surface area contributed by atoms with Crippen molar-refractivity contribution in [1.82, 2.24) is 4.90 Å². The van der Waals surface area contributed by atoms with Crippen LogP contribution in [0.15, 0.2) is 12.1 Å². The summed E-state index contributed by atoms with van der Waals surface area (Å²) in [6.45, 7) is 2.54. The first kappa shape index (κ1) is 14.8. The maximum absolute atomic E-state index is 14.1. The fraction of sp³-hybridized carbons (Fsp3) is 0.462. The van der Waals surface area contributed by atoms with E-state index in [9.17, 15) is 19.3 Å². The first-order valence-electron chi connectivity index (χ1n) is 6.32. The van der Waals surface area contributed by atoms with Gasteiger partial charge in [0.2, 0.25) is 0 Å². The van der Waals surface area contributed by atoms with Crippen molar-refractivity contribution in [2.75, 3.05) is 24.6 Å². The number of halogens is 1. The van der Waals surface area contributed by atoms with Gasteiger partial charge in [-0.05, 0) is 24.7 Å². The van der Waals surface area contributed by atoms with Crippen molar-refractivity contribution in [3.63, 3.8) is 0 Å². The molecule has 1 aliphatic heterocycles. The highest BCUT2D eigenvalue weighted by atomic mass is 32.2. The molecule has 20 heavy (non-hydrogen) atoms. The summed E-state index contributed by atoms with van der Waals surface area (Å²) in [5.74, 6) is 0.649. The molecule has 1 aromatic rings. The Balaban J connectivity index is 2.35. The number of non-ortho nitro benzene ring substituents is 1. The van der Waals surface area contributed by atoms with Gasteiger partial charge in [0, 0.05) is 31.0 Å². The van der Waals surface area contributed by atoms with E-state index < -0.39 is 16.6 Å². The molecule has 1 aliphatic rings. The van der Waals surface area contributed by atoms with Crippen LogP contribution in [-0.2, 0) is 0 Å². The molecule has 1 heterocycles. The van der Waals surface area contributed by atoms with Crippen LogP contribution in [0.1, 0.15) is 22.3 Å². The SMILES string of the molecule is Cc1cc([N+](=O)[O-])cc(C(=O)N2CCCSCC2)c1F. The third-order valence-electron chi connectivity index (χ3n) is 3.19. The van der Waals surface area contributed by atoms with Crippen LogP contribution in [0.25, 0.3) is 0 Å². The molecule has 0 bridgehead atoms. The van der Waals surface area contributed by atoms with Gasteiger partial charge >= 0.3 is 0 Å². The second-order valence-corrected chi connectivity index (χ2v) is 5.86. The normalized spacial score (nSPS) is 15.8. The Bertz CT molecular complexity index is 543. The number of nitro groups is 1. The lowest BCUT2D eigenvalue weighted by Crippen LogP contribution is -2.33. The molecule has 1 amide bonds. The fourth-order valence-electron chi connectivity index (χ4n) is 2.13. The molecule has 0 aliphatic carbocycles. The van der Waals surface area contributed by atoms with Crippen molar-refractivity contribution < 1.29 is 14.1 Å². The summed E-state index contributed by atoms with van der Waals surface area (Å²) in [6.07, 6.45) is 0.853. The number of carbonyl (C=O) groups is 1. The number of rotatable bonds is 2. The second-order valence-electron chi connectivity index (χ2n) is 4.64. The van der Waals surface area contributed by atoms with Gasteiger partial charge in [-0.3, -0.25) is 14.9 Å². The van der Waals surface area contributed by atoms with Crippen molar-refractivity contribution in [1.29, 1.82) is 0 Å². The van der Waals surface area contributed by atoms with Crippen LogP contribution in [0.3, 0.4) is 0 Å². The van der Waals surface area contributed by atoms with E-state index in [1.54, 1.807) is 16.7 Å². The van der Waals surface area contributed by atoms with Crippen molar-refractivity contribution >= 4 is 23.4 Å². The maximum Gasteiger partial charge on any atom is 0.270 e. The Morgan fingerprint density at radius 3 is 2.85 bits per heavy atom. The maximum atomic E-state index is 14.1. The predicted molar refractivity (Wildman–Crippen MR) is 75.6 cm³/mol. The van der Waals surface area contributed by atoms with Gasteiger partial charge in [0.15, 0.2) is 0 Å². The highest BCUT2D eigenvalue weighted by molar-refractivity contribution is 7.99. The third kappa shape index (κ3) is 3.09. The summed E-state index contributed by atoms with van der Waals surface area (Å²) in [6, 6.07) is 2.17. The van der Waals surface area contributed by atoms with Gasteiger partial charge in [-0.1, -0.05) is 0 Å². The lowest BCUT2D eigenvalue weighted by molar-refractivity contribution is -0.385. The van der Waals surface area contributed by atoms with Crippen LogP contribution >= 0.6 is 11.8 Å². The zero-order valence-corrected chi connectivity index (χ0v) is 11.9. The zero-order valence-electron chi connectivity index (χ0n) is 11.1. The van der Waals surface area contributed by atoms with Crippen molar-refractivity contribution in [2.24, 2.45) is 0 Å². The predicted octanol–water partition coefficient (Wildman–Crippen LogP) is 2.62. The minimum Gasteiger partial charge on any atom is -0.338 e. The standard InChI is InChI=1S/C13H15FN2O3S/c1-9-7-10(16(18)19)8-11(12(9)14)13(17)15-3-2-5-20-6-4-15/h7-8H,2-6H2,1H3. The molecule has 0 radical (unpaired) electrons. The molecule has 0 atom stereocenters. The monoisotopic (exact) mass is 298 g/mol. The Morgan fingerprint density at radius 1 is 1.40 bits per heavy atom. The molecule has 0 unspecified atom stereocenters. The molecule has 0 aromatic heterocycles. The molecule has 1 aromatic carbocycles. The number of nitro benzene ring substituents is 1. The van der Waals surface area contributed by atoms with Gasteiger partial charge in [-0.15, -0.1) is 0 Å². The van der Waals surface area contributed by atoms with Crippen LogP contribution in [-0.4, -0.2) is 40.3 Å². The lowest BCUT2D eigenvalue weighted by atomic mass is 10.1. The van der Waals surface area contributed by atoms with Crippen molar-refractivity contribution in [3.05, 3.63) is 39.2 Å². The number of nitrogens with zero attached hydrogens (tertiary/aromatic N) is 2. The topological polar surface area (TPSA) is 63.5 Å². The molecule has 1 fully saturated rings. The van der Waals surface area contributed by atoms with Crippen molar-refractivity contribution in [2.45, 2.75) is 13.3 Å². The molecule has 108 valence electrons. The highest BCUT2D eigenvalue weighted by Crippen LogP contribution is 2.23. The molecule has 0 N–H and O–H groups in total. The minimum absolute atomic E-state index is 0.117. The van der Waals surface area contributed by atoms with Gasteiger partial charge in [0.25, 0.3) is 11.6 Å². The number of hydrogen-bond donors (Lipinski definition) is 0. The summed E-state index contributed by atoms with van der Waals surface area (Å²) in [5.41, 5.74) is -0.341. The minimum atomic E-state index is -0.669. The van der Waals surface area contributed by atoms with Gasteiger partial charge in [-0.25, -0.2) is 4.39 Å². The molecule has 0 saturated carbocycles. The number of aryl methyl sites for hydroxylation is 1. The van der Waals surface area contributed by atoms with E-state index in [-0.39, 0.29) is 16.8 Å². The Morgan fingerprint density at radius 2 is 2.15 bits per heavy atom. The summed E-state index contributed by atoms with van der Waals surface area (Å²) >= 11 is 1.75. The molecule has 2 rings (SSSR count). The van der Waals surface area contributed by atoms with Gasteiger partial charge < -0.3 is 4.90 Å². The fourth-order valence-corrected chi connectivity index (χ4v) is 3.02. The summed E-state index contributed by atoms with van der Waals surface area (Å²) < 4.78 is 14.1.